The van der Waals surface area contributed by atoms with E-state index in [9.17, 15) is 4.39 Å². The molecule has 0 bridgehead atoms. The van der Waals surface area contributed by atoms with Gasteiger partial charge in [0.15, 0.2) is 17.5 Å². The molecule has 2 N–H and O–H groups in total. The standard InChI is InChI=1S/C24H30FN5O.HI/c1-16(14-20-17(2)29-30(5)18(20)3)28-24(26-4)27-15-19-10-6-8-12-22(19)31-23-13-9-7-11-21(23)25;/h6-13,16H,14-15H2,1-5H3,(H2,26,27,28);1H. The molecule has 0 fully saturated rings. The third-order valence-electron chi connectivity index (χ3n) is 5.25. The van der Waals surface area contributed by atoms with E-state index in [4.69, 9.17) is 4.74 Å². The van der Waals surface area contributed by atoms with Gasteiger partial charge in [-0.15, -0.1) is 24.0 Å². The Morgan fingerprint density at radius 1 is 1.12 bits per heavy atom. The summed E-state index contributed by atoms with van der Waals surface area (Å²) in [5.74, 6) is 1.10. The summed E-state index contributed by atoms with van der Waals surface area (Å²) < 4.78 is 21.7. The van der Waals surface area contributed by atoms with Gasteiger partial charge in [0.2, 0.25) is 0 Å². The molecule has 8 heteroatoms. The van der Waals surface area contributed by atoms with Crippen LogP contribution in [-0.2, 0) is 20.0 Å². The minimum absolute atomic E-state index is 0. The van der Waals surface area contributed by atoms with Crippen molar-refractivity contribution in [2.45, 2.75) is 39.8 Å². The van der Waals surface area contributed by atoms with Gasteiger partial charge >= 0.3 is 0 Å². The molecule has 0 spiro atoms. The van der Waals surface area contributed by atoms with Gasteiger partial charge in [0, 0.05) is 37.9 Å². The van der Waals surface area contributed by atoms with Crippen LogP contribution >= 0.6 is 24.0 Å². The Kier molecular flexibility index (Phi) is 9.49. The van der Waals surface area contributed by atoms with E-state index in [0.717, 1.165) is 17.7 Å². The van der Waals surface area contributed by atoms with E-state index in [2.05, 4.69) is 34.6 Å². The Morgan fingerprint density at radius 3 is 2.41 bits per heavy atom. The summed E-state index contributed by atoms with van der Waals surface area (Å²) in [5, 5.41) is 11.2. The summed E-state index contributed by atoms with van der Waals surface area (Å²) in [4.78, 5) is 4.34. The lowest BCUT2D eigenvalue weighted by atomic mass is 10.1. The minimum Gasteiger partial charge on any atom is -0.454 e. The van der Waals surface area contributed by atoms with Crippen LogP contribution in [0.25, 0.3) is 0 Å². The van der Waals surface area contributed by atoms with Crippen LogP contribution in [0.15, 0.2) is 53.5 Å². The molecule has 0 saturated carbocycles. The van der Waals surface area contributed by atoms with Crippen LogP contribution in [0.5, 0.6) is 11.5 Å². The first-order valence-corrected chi connectivity index (χ1v) is 10.4. The van der Waals surface area contributed by atoms with E-state index in [-0.39, 0.29) is 35.8 Å². The van der Waals surface area contributed by atoms with E-state index in [1.807, 2.05) is 42.9 Å². The van der Waals surface area contributed by atoms with Gasteiger partial charge in [0.25, 0.3) is 0 Å². The van der Waals surface area contributed by atoms with Crippen LogP contribution in [0.1, 0.15) is 29.4 Å². The van der Waals surface area contributed by atoms with E-state index >= 15 is 0 Å². The highest BCUT2D eigenvalue weighted by Crippen LogP contribution is 2.27. The molecule has 172 valence electrons. The molecular formula is C24H31FIN5O. The molecule has 1 heterocycles. The molecule has 1 aromatic heterocycles. The predicted octanol–water partition coefficient (Wildman–Crippen LogP) is 4.88. The third-order valence-corrected chi connectivity index (χ3v) is 5.25. The van der Waals surface area contributed by atoms with Crippen molar-refractivity contribution >= 4 is 29.9 Å². The van der Waals surface area contributed by atoms with Gasteiger partial charge < -0.3 is 15.4 Å². The maximum absolute atomic E-state index is 14.0. The van der Waals surface area contributed by atoms with Gasteiger partial charge in [0.05, 0.1) is 5.69 Å². The number of rotatable bonds is 7. The van der Waals surface area contributed by atoms with Crippen LogP contribution in [-0.4, -0.2) is 28.8 Å². The fourth-order valence-corrected chi connectivity index (χ4v) is 3.47. The highest BCUT2D eigenvalue weighted by Gasteiger charge is 2.14. The molecule has 1 unspecified atom stereocenters. The van der Waals surface area contributed by atoms with Crippen molar-refractivity contribution in [3.63, 3.8) is 0 Å². The highest BCUT2D eigenvalue weighted by atomic mass is 127. The second-order valence-electron chi connectivity index (χ2n) is 7.59. The number of para-hydroxylation sites is 2. The number of halogens is 2. The molecule has 0 saturated heterocycles. The monoisotopic (exact) mass is 551 g/mol. The lowest BCUT2D eigenvalue weighted by Gasteiger charge is -2.19. The summed E-state index contributed by atoms with van der Waals surface area (Å²) in [6.45, 7) is 6.73. The number of aryl methyl sites for hydroxylation is 2. The highest BCUT2D eigenvalue weighted by molar-refractivity contribution is 14.0. The average Bonchev–Trinajstić information content (AvgIpc) is 2.99. The molecule has 6 nitrogen and oxygen atoms in total. The van der Waals surface area contributed by atoms with Crippen molar-refractivity contribution in [3.05, 3.63) is 76.9 Å². The molecular weight excluding hydrogens is 520 g/mol. The van der Waals surface area contributed by atoms with E-state index in [1.165, 1.54) is 17.3 Å². The summed E-state index contributed by atoms with van der Waals surface area (Å²) >= 11 is 0. The van der Waals surface area contributed by atoms with Crippen molar-refractivity contribution in [1.82, 2.24) is 20.4 Å². The predicted molar refractivity (Wildman–Crippen MR) is 138 cm³/mol. The molecule has 32 heavy (non-hydrogen) atoms. The number of hydrogen-bond donors (Lipinski definition) is 2. The van der Waals surface area contributed by atoms with E-state index in [1.54, 1.807) is 25.2 Å². The molecule has 1 atom stereocenters. The number of ether oxygens (including phenoxy) is 1. The first kappa shape index (κ1) is 25.6. The smallest absolute Gasteiger partial charge is 0.191 e. The van der Waals surface area contributed by atoms with Gasteiger partial charge in [-0.2, -0.15) is 5.10 Å². The average molecular weight is 551 g/mol. The number of nitrogens with zero attached hydrogens (tertiary/aromatic N) is 3. The fourth-order valence-electron chi connectivity index (χ4n) is 3.47. The zero-order chi connectivity index (χ0) is 22.4. The number of aromatic nitrogens is 2. The SMILES string of the molecule is CN=C(NCc1ccccc1Oc1ccccc1F)NC(C)Cc1c(C)nn(C)c1C.I. The maximum Gasteiger partial charge on any atom is 0.191 e. The fraction of sp³-hybridized carbons (Fsp3) is 0.333. The molecule has 0 aliphatic heterocycles. The van der Waals surface area contributed by atoms with Crippen molar-refractivity contribution < 1.29 is 9.13 Å². The second-order valence-corrected chi connectivity index (χ2v) is 7.59. The van der Waals surface area contributed by atoms with Crippen LogP contribution in [0.2, 0.25) is 0 Å². The third kappa shape index (κ3) is 6.44. The molecule has 0 radical (unpaired) electrons. The van der Waals surface area contributed by atoms with Crippen molar-refractivity contribution in [1.29, 1.82) is 0 Å². The number of hydrogen-bond acceptors (Lipinski definition) is 3. The molecule has 2 aromatic carbocycles. The summed E-state index contributed by atoms with van der Waals surface area (Å²) in [5.41, 5.74) is 4.38. The van der Waals surface area contributed by atoms with Crippen LogP contribution < -0.4 is 15.4 Å². The zero-order valence-electron chi connectivity index (χ0n) is 19.1. The number of guanidine groups is 1. The van der Waals surface area contributed by atoms with Gasteiger partial charge in [-0.05, 0) is 51.0 Å². The molecule has 3 rings (SSSR count). The van der Waals surface area contributed by atoms with E-state index in [0.29, 0.717) is 18.3 Å². The van der Waals surface area contributed by atoms with Gasteiger partial charge in [-0.1, -0.05) is 30.3 Å². The molecule has 0 amide bonds. The lowest BCUT2D eigenvalue weighted by Crippen LogP contribution is -2.42. The molecule has 0 aliphatic rings. The normalized spacial score (nSPS) is 12.1. The Morgan fingerprint density at radius 2 is 1.78 bits per heavy atom. The summed E-state index contributed by atoms with van der Waals surface area (Å²) in [6, 6.07) is 14.1. The van der Waals surface area contributed by atoms with Crippen molar-refractivity contribution in [2.75, 3.05) is 7.05 Å². The first-order valence-electron chi connectivity index (χ1n) is 10.4. The Labute approximate surface area is 206 Å². The number of benzene rings is 2. The maximum atomic E-state index is 14.0. The van der Waals surface area contributed by atoms with E-state index < -0.39 is 5.82 Å². The topological polar surface area (TPSA) is 63.5 Å². The number of nitrogens with one attached hydrogen (secondary N) is 2. The van der Waals surface area contributed by atoms with Gasteiger partial charge in [0.1, 0.15) is 5.75 Å². The van der Waals surface area contributed by atoms with Crippen molar-refractivity contribution in [3.8, 4) is 11.5 Å². The number of aliphatic imine (C=N–C) groups is 1. The molecule has 3 aromatic rings. The first-order chi connectivity index (χ1) is 14.9. The Hall–Kier alpha value is -2.62. The largest absolute Gasteiger partial charge is 0.454 e. The van der Waals surface area contributed by atoms with Gasteiger partial charge in [-0.25, -0.2) is 4.39 Å². The quantitative estimate of drug-likeness (QED) is 0.250. The Bertz CT molecular complexity index is 1070. The van der Waals surface area contributed by atoms with Crippen LogP contribution in [0.3, 0.4) is 0 Å². The minimum atomic E-state index is -0.391. The molecule has 0 aliphatic carbocycles. The van der Waals surface area contributed by atoms with Crippen LogP contribution in [0.4, 0.5) is 4.39 Å². The Balaban J connectivity index is 0.00000363. The summed E-state index contributed by atoms with van der Waals surface area (Å²) in [6.07, 6.45) is 0.846. The second kappa shape index (κ2) is 11.8. The van der Waals surface area contributed by atoms with Crippen molar-refractivity contribution in [2.24, 2.45) is 12.0 Å². The summed E-state index contributed by atoms with van der Waals surface area (Å²) in [7, 11) is 3.70. The van der Waals surface area contributed by atoms with Gasteiger partial charge in [-0.3, -0.25) is 9.67 Å². The lowest BCUT2D eigenvalue weighted by molar-refractivity contribution is 0.437. The zero-order valence-corrected chi connectivity index (χ0v) is 21.5. The van der Waals surface area contributed by atoms with Crippen LogP contribution in [0, 0.1) is 19.7 Å².